The molecular formula is C21H24FN5O3. The van der Waals surface area contributed by atoms with Crippen molar-refractivity contribution in [3.63, 3.8) is 0 Å². The van der Waals surface area contributed by atoms with Gasteiger partial charge in [-0.15, -0.1) is 0 Å². The topological polar surface area (TPSA) is 110 Å². The molecule has 0 bridgehead atoms. The van der Waals surface area contributed by atoms with Gasteiger partial charge in [0.15, 0.2) is 12.2 Å². The van der Waals surface area contributed by atoms with Gasteiger partial charge >= 0.3 is 5.69 Å². The SMILES string of the molecule is Cc1c(F)c(N2CCC(C(N)c3cocn3)C2)c(C)c2c1c(=O)[nH]c(=O)n2C1CC1. The molecule has 0 spiro atoms. The summed E-state index contributed by atoms with van der Waals surface area (Å²) >= 11 is 0. The number of hydrogen-bond acceptors (Lipinski definition) is 6. The Balaban J connectivity index is 1.63. The van der Waals surface area contributed by atoms with Crippen molar-refractivity contribution >= 4 is 16.6 Å². The third-order valence-electron chi connectivity index (χ3n) is 6.52. The number of anilines is 1. The van der Waals surface area contributed by atoms with E-state index in [1.54, 1.807) is 24.7 Å². The zero-order valence-corrected chi connectivity index (χ0v) is 16.9. The first-order chi connectivity index (χ1) is 14.4. The van der Waals surface area contributed by atoms with Crippen LogP contribution in [0.25, 0.3) is 10.9 Å². The highest BCUT2D eigenvalue weighted by Crippen LogP contribution is 2.41. The van der Waals surface area contributed by atoms with Gasteiger partial charge in [-0.1, -0.05) is 0 Å². The third-order valence-corrected chi connectivity index (χ3v) is 6.52. The minimum atomic E-state index is -0.537. The number of benzene rings is 1. The largest absolute Gasteiger partial charge is 0.451 e. The van der Waals surface area contributed by atoms with Crippen LogP contribution in [0.3, 0.4) is 0 Å². The molecule has 3 heterocycles. The van der Waals surface area contributed by atoms with Gasteiger partial charge in [0.1, 0.15) is 6.26 Å². The Morgan fingerprint density at radius 2 is 2.03 bits per heavy atom. The zero-order valence-electron chi connectivity index (χ0n) is 16.9. The average molecular weight is 413 g/mol. The van der Waals surface area contributed by atoms with Gasteiger partial charge in [-0.2, -0.15) is 0 Å². The van der Waals surface area contributed by atoms with Crippen molar-refractivity contribution in [2.24, 2.45) is 11.7 Å². The molecule has 2 fully saturated rings. The molecule has 2 aromatic heterocycles. The fraction of sp³-hybridized carbons (Fsp3) is 0.476. The molecule has 3 aromatic rings. The van der Waals surface area contributed by atoms with E-state index in [1.165, 1.54) is 6.39 Å². The molecule has 1 aliphatic heterocycles. The predicted octanol–water partition coefficient (Wildman–Crippen LogP) is 2.29. The van der Waals surface area contributed by atoms with Crippen molar-refractivity contribution in [1.82, 2.24) is 14.5 Å². The van der Waals surface area contributed by atoms with E-state index < -0.39 is 17.1 Å². The second kappa shape index (κ2) is 6.80. The first-order valence-electron chi connectivity index (χ1n) is 10.2. The van der Waals surface area contributed by atoms with Crippen molar-refractivity contribution in [3.05, 3.63) is 56.1 Å². The molecule has 1 aliphatic carbocycles. The summed E-state index contributed by atoms with van der Waals surface area (Å²) in [5.41, 5.74) is 7.97. The molecule has 2 unspecified atom stereocenters. The summed E-state index contributed by atoms with van der Waals surface area (Å²) in [5.74, 6) is -0.322. The number of aromatic amines is 1. The van der Waals surface area contributed by atoms with Gasteiger partial charge < -0.3 is 15.1 Å². The number of rotatable bonds is 4. The van der Waals surface area contributed by atoms with Crippen molar-refractivity contribution in [1.29, 1.82) is 0 Å². The summed E-state index contributed by atoms with van der Waals surface area (Å²) in [4.78, 5) is 33.6. The van der Waals surface area contributed by atoms with E-state index in [2.05, 4.69) is 9.97 Å². The number of halogens is 1. The van der Waals surface area contributed by atoms with E-state index >= 15 is 4.39 Å². The van der Waals surface area contributed by atoms with Crippen molar-refractivity contribution in [3.8, 4) is 0 Å². The molecule has 8 nitrogen and oxygen atoms in total. The zero-order chi connectivity index (χ0) is 21.2. The smallest absolute Gasteiger partial charge is 0.329 e. The van der Waals surface area contributed by atoms with E-state index in [4.69, 9.17) is 10.2 Å². The molecule has 0 radical (unpaired) electrons. The van der Waals surface area contributed by atoms with Gasteiger partial charge in [-0.05, 0) is 39.0 Å². The van der Waals surface area contributed by atoms with Crippen molar-refractivity contribution in [2.45, 2.75) is 45.2 Å². The maximum atomic E-state index is 15.5. The van der Waals surface area contributed by atoms with E-state index in [0.29, 0.717) is 35.6 Å². The predicted molar refractivity (Wildman–Crippen MR) is 110 cm³/mol. The van der Waals surface area contributed by atoms with Gasteiger partial charge in [0.2, 0.25) is 0 Å². The summed E-state index contributed by atoms with van der Waals surface area (Å²) in [7, 11) is 0. The molecule has 30 heavy (non-hydrogen) atoms. The molecule has 0 amide bonds. The summed E-state index contributed by atoms with van der Waals surface area (Å²) in [5, 5.41) is 0.260. The third kappa shape index (κ3) is 2.79. The Labute approximate surface area is 171 Å². The molecule has 9 heteroatoms. The number of aromatic nitrogens is 3. The standard InChI is InChI=1S/C21H24FN5O3/c1-10-15-18(27(13-3-4-13)21(29)25-20(15)28)11(2)19(16(10)22)26-6-5-12(7-26)17(23)14-8-30-9-24-14/h8-9,12-13,17H,3-7,23H2,1-2H3,(H,25,28,29). The van der Waals surface area contributed by atoms with Crippen LogP contribution in [-0.2, 0) is 0 Å². The highest BCUT2D eigenvalue weighted by molar-refractivity contribution is 5.90. The number of hydrogen-bond donors (Lipinski definition) is 2. The molecule has 1 aromatic carbocycles. The van der Waals surface area contributed by atoms with Gasteiger partial charge in [-0.3, -0.25) is 14.3 Å². The van der Waals surface area contributed by atoms with Gasteiger partial charge in [0, 0.05) is 30.3 Å². The van der Waals surface area contributed by atoms with Crippen LogP contribution in [0.4, 0.5) is 10.1 Å². The van der Waals surface area contributed by atoms with Gasteiger partial charge in [-0.25, -0.2) is 14.2 Å². The molecule has 2 atom stereocenters. The Kier molecular flexibility index (Phi) is 4.32. The number of oxazole rings is 1. The Morgan fingerprint density at radius 1 is 1.27 bits per heavy atom. The molecule has 5 rings (SSSR count). The van der Waals surface area contributed by atoms with Crippen LogP contribution in [0.15, 0.2) is 26.7 Å². The Bertz CT molecular complexity index is 1240. The molecule has 1 saturated carbocycles. The average Bonchev–Trinajstić information content (AvgIpc) is 3.18. The quantitative estimate of drug-likeness (QED) is 0.679. The van der Waals surface area contributed by atoms with Crippen LogP contribution in [0, 0.1) is 25.6 Å². The fourth-order valence-corrected chi connectivity index (χ4v) is 4.80. The summed E-state index contributed by atoms with van der Waals surface area (Å²) < 4.78 is 22.2. The van der Waals surface area contributed by atoms with E-state index in [9.17, 15) is 9.59 Å². The van der Waals surface area contributed by atoms with Crippen LogP contribution in [-0.4, -0.2) is 27.6 Å². The van der Waals surface area contributed by atoms with Gasteiger partial charge in [0.25, 0.3) is 5.56 Å². The first-order valence-corrected chi connectivity index (χ1v) is 10.2. The monoisotopic (exact) mass is 413 g/mol. The summed E-state index contributed by atoms with van der Waals surface area (Å²) in [6.07, 6.45) is 5.44. The maximum Gasteiger partial charge on any atom is 0.329 e. The van der Waals surface area contributed by atoms with Crippen molar-refractivity contribution in [2.75, 3.05) is 18.0 Å². The highest BCUT2D eigenvalue weighted by Gasteiger charge is 2.34. The highest BCUT2D eigenvalue weighted by atomic mass is 19.1. The first kappa shape index (κ1) is 19.0. The molecule has 2 aliphatic rings. The van der Waals surface area contributed by atoms with Crippen LogP contribution in [0.2, 0.25) is 0 Å². The second-order valence-electron chi connectivity index (χ2n) is 8.43. The lowest BCUT2D eigenvalue weighted by Crippen LogP contribution is -2.32. The number of nitrogens with one attached hydrogen (secondary N) is 1. The number of nitrogens with zero attached hydrogens (tertiary/aromatic N) is 3. The molecule has 1 saturated heterocycles. The van der Waals surface area contributed by atoms with E-state index in [1.807, 2.05) is 4.90 Å². The number of H-pyrrole nitrogens is 1. The lowest BCUT2D eigenvalue weighted by atomic mass is 9.97. The lowest BCUT2D eigenvalue weighted by molar-refractivity contribution is 0.462. The Morgan fingerprint density at radius 3 is 2.70 bits per heavy atom. The Hall–Kier alpha value is -2.94. The molecule has 3 N–H and O–H groups in total. The lowest BCUT2D eigenvalue weighted by Gasteiger charge is -2.26. The summed E-state index contributed by atoms with van der Waals surface area (Å²) in [6, 6.07) is -0.244. The number of aryl methyl sites for hydroxylation is 2. The molecule has 158 valence electrons. The van der Waals surface area contributed by atoms with E-state index in [0.717, 1.165) is 19.3 Å². The normalized spacial score (nSPS) is 20.3. The number of fused-ring (bicyclic) bond motifs is 1. The van der Waals surface area contributed by atoms with Crippen molar-refractivity contribution < 1.29 is 8.81 Å². The minimum Gasteiger partial charge on any atom is -0.451 e. The fourth-order valence-electron chi connectivity index (χ4n) is 4.80. The maximum absolute atomic E-state index is 15.5. The van der Waals surface area contributed by atoms with Crippen LogP contribution in [0.5, 0.6) is 0 Å². The van der Waals surface area contributed by atoms with Gasteiger partial charge in [0.05, 0.1) is 28.3 Å². The van der Waals surface area contributed by atoms with Crippen LogP contribution >= 0.6 is 0 Å². The van der Waals surface area contributed by atoms with Crippen LogP contribution in [0.1, 0.15) is 48.2 Å². The number of nitrogens with two attached hydrogens (primary N) is 1. The molecular weight excluding hydrogens is 389 g/mol. The minimum absolute atomic E-state index is 0.0557. The van der Waals surface area contributed by atoms with E-state index in [-0.39, 0.29) is 29.0 Å². The van der Waals surface area contributed by atoms with Crippen LogP contribution < -0.4 is 21.9 Å². The second-order valence-corrected chi connectivity index (χ2v) is 8.43. The summed E-state index contributed by atoms with van der Waals surface area (Å²) in [6.45, 7) is 4.60.